The number of halogens is 3. The number of carbonyl (C=O) groups excluding carboxylic acids is 2. The van der Waals surface area contributed by atoms with Crippen LogP contribution in [0.2, 0.25) is 0 Å². The number of rotatable bonds is 4. The SMILES string of the molecule is COc1cc(C(=O)N2CC[C@@H](NC(=O)c3ncccc3C(F)(F)F)[C@@H](C)C2)cc2c1ncn2C. The third-order valence-electron chi connectivity index (χ3n) is 6.10. The average molecular weight is 475 g/mol. The Kier molecular flexibility index (Phi) is 6.20. The molecule has 1 saturated heterocycles. The van der Waals surface area contributed by atoms with Crippen molar-refractivity contribution in [2.75, 3.05) is 20.2 Å². The molecule has 0 bridgehead atoms. The second-order valence-corrected chi connectivity index (χ2v) is 8.40. The lowest BCUT2D eigenvalue weighted by atomic mass is 9.93. The molecule has 4 rings (SSSR count). The Balaban J connectivity index is 1.47. The molecule has 11 heteroatoms. The van der Waals surface area contributed by atoms with Gasteiger partial charge in [0.2, 0.25) is 0 Å². The van der Waals surface area contributed by atoms with Gasteiger partial charge in [0.1, 0.15) is 17.0 Å². The number of hydrogen-bond donors (Lipinski definition) is 1. The van der Waals surface area contributed by atoms with Gasteiger partial charge in [-0.1, -0.05) is 6.92 Å². The molecule has 2 aromatic heterocycles. The Morgan fingerprint density at radius 2 is 2.00 bits per heavy atom. The number of amides is 2. The second kappa shape index (κ2) is 8.96. The molecule has 3 aromatic rings. The number of pyridine rings is 1. The number of alkyl halides is 3. The quantitative estimate of drug-likeness (QED) is 0.626. The van der Waals surface area contributed by atoms with E-state index in [0.29, 0.717) is 36.3 Å². The van der Waals surface area contributed by atoms with Crippen molar-refractivity contribution in [1.82, 2.24) is 24.8 Å². The monoisotopic (exact) mass is 475 g/mol. The van der Waals surface area contributed by atoms with E-state index in [4.69, 9.17) is 4.74 Å². The van der Waals surface area contributed by atoms with Crippen LogP contribution >= 0.6 is 0 Å². The van der Waals surface area contributed by atoms with Gasteiger partial charge in [-0.25, -0.2) is 4.98 Å². The van der Waals surface area contributed by atoms with Crippen molar-refractivity contribution >= 4 is 22.8 Å². The van der Waals surface area contributed by atoms with Crippen LogP contribution in [0.3, 0.4) is 0 Å². The molecule has 1 aliphatic rings. The predicted octanol–water partition coefficient (Wildman–Crippen LogP) is 3.28. The summed E-state index contributed by atoms with van der Waals surface area (Å²) in [4.78, 5) is 35.4. The number of likely N-dealkylation sites (tertiary alicyclic amines) is 1. The van der Waals surface area contributed by atoms with Crippen LogP contribution in [0.25, 0.3) is 11.0 Å². The fourth-order valence-electron chi connectivity index (χ4n) is 4.26. The molecule has 180 valence electrons. The number of benzene rings is 1. The highest BCUT2D eigenvalue weighted by atomic mass is 19.4. The maximum Gasteiger partial charge on any atom is 0.418 e. The van der Waals surface area contributed by atoms with E-state index in [2.05, 4.69) is 15.3 Å². The molecule has 1 fully saturated rings. The van der Waals surface area contributed by atoms with Crippen LogP contribution in [0.15, 0.2) is 36.8 Å². The lowest BCUT2D eigenvalue weighted by Gasteiger charge is -2.37. The first-order chi connectivity index (χ1) is 16.1. The van der Waals surface area contributed by atoms with Gasteiger partial charge in [0.05, 0.1) is 24.5 Å². The number of nitrogens with one attached hydrogen (secondary N) is 1. The molecular formula is C23H24F3N5O3. The topological polar surface area (TPSA) is 89.3 Å². The van der Waals surface area contributed by atoms with E-state index in [1.165, 1.54) is 7.11 Å². The van der Waals surface area contributed by atoms with Crippen LogP contribution < -0.4 is 10.1 Å². The molecule has 2 amide bonds. The van der Waals surface area contributed by atoms with Gasteiger partial charge in [-0.3, -0.25) is 14.6 Å². The molecule has 0 unspecified atom stereocenters. The summed E-state index contributed by atoms with van der Waals surface area (Å²) < 4.78 is 46.9. The number of imidazole rings is 1. The molecule has 0 saturated carbocycles. The number of nitrogens with zero attached hydrogens (tertiary/aromatic N) is 4. The van der Waals surface area contributed by atoms with Crippen LogP contribution in [0.5, 0.6) is 5.75 Å². The van der Waals surface area contributed by atoms with Crippen molar-refractivity contribution in [3.05, 3.63) is 53.6 Å². The van der Waals surface area contributed by atoms with Gasteiger partial charge in [0, 0.05) is 37.9 Å². The number of aryl methyl sites for hydroxylation is 1. The Bertz CT molecular complexity index is 1240. The molecular weight excluding hydrogens is 451 g/mol. The third kappa shape index (κ3) is 4.42. The highest BCUT2D eigenvalue weighted by molar-refractivity contribution is 5.99. The van der Waals surface area contributed by atoms with Gasteiger partial charge in [0.15, 0.2) is 0 Å². The highest BCUT2D eigenvalue weighted by Gasteiger charge is 2.37. The average Bonchev–Trinajstić information content (AvgIpc) is 3.19. The van der Waals surface area contributed by atoms with Crippen molar-refractivity contribution in [2.24, 2.45) is 13.0 Å². The first-order valence-corrected chi connectivity index (χ1v) is 10.7. The van der Waals surface area contributed by atoms with Gasteiger partial charge in [-0.05, 0) is 36.6 Å². The predicted molar refractivity (Wildman–Crippen MR) is 117 cm³/mol. The normalized spacial score (nSPS) is 18.7. The van der Waals surface area contributed by atoms with Crippen LogP contribution in [0.1, 0.15) is 39.8 Å². The maximum absolute atomic E-state index is 13.2. The number of fused-ring (bicyclic) bond motifs is 1. The largest absolute Gasteiger partial charge is 0.494 e. The molecule has 1 N–H and O–H groups in total. The number of methoxy groups -OCH3 is 1. The zero-order valence-electron chi connectivity index (χ0n) is 18.9. The van der Waals surface area contributed by atoms with Crippen molar-refractivity contribution in [1.29, 1.82) is 0 Å². The summed E-state index contributed by atoms with van der Waals surface area (Å²) in [5.74, 6) is -0.757. The molecule has 3 heterocycles. The minimum absolute atomic E-state index is 0.179. The Morgan fingerprint density at radius 3 is 2.68 bits per heavy atom. The number of carbonyl (C=O) groups is 2. The number of piperidine rings is 1. The van der Waals surface area contributed by atoms with E-state index in [9.17, 15) is 22.8 Å². The van der Waals surface area contributed by atoms with Crippen molar-refractivity contribution < 1.29 is 27.5 Å². The van der Waals surface area contributed by atoms with Crippen molar-refractivity contribution in [2.45, 2.75) is 25.6 Å². The third-order valence-corrected chi connectivity index (χ3v) is 6.10. The van der Waals surface area contributed by atoms with Crippen molar-refractivity contribution in [3.8, 4) is 5.75 Å². The zero-order valence-corrected chi connectivity index (χ0v) is 18.9. The summed E-state index contributed by atoms with van der Waals surface area (Å²) in [7, 11) is 3.34. The van der Waals surface area contributed by atoms with E-state index >= 15 is 0 Å². The van der Waals surface area contributed by atoms with E-state index in [1.54, 1.807) is 27.9 Å². The summed E-state index contributed by atoms with van der Waals surface area (Å²) in [6.07, 6.45) is -1.48. The van der Waals surface area contributed by atoms with Crippen LogP contribution in [-0.4, -0.2) is 57.5 Å². The van der Waals surface area contributed by atoms with E-state index in [1.807, 2.05) is 14.0 Å². The van der Waals surface area contributed by atoms with E-state index in [0.717, 1.165) is 23.8 Å². The summed E-state index contributed by atoms with van der Waals surface area (Å²) in [5.41, 5.74) is 0.133. The maximum atomic E-state index is 13.2. The van der Waals surface area contributed by atoms with Crippen LogP contribution in [0.4, 0.5) is 13.2 Å². The van der Waals surface area contributed by atoms with Gasteiger partial charge >= 0.3 is 6.18 Å². The molecule has 0 aliphatic carbocycles. The summed E-state index contributed by atoms with van der Waals surface area (Å²) in [5, 5.41) is 2.67. The van der Waals surface area contributed by atoms with Gasteiger partial charge < -0.3 is 19.5 Å². The van der Waals surface area contributed by atoms with Gasteiger partial charge in [0.25, 0.3) is 11.8 Å². The number of hydrogen-bond acceptors (Lipinski definition) is 5. The Morgan fingerprint density at radius 1 is 1.24 bits per heavy atom. The van der Waals surface area contributed by atoms with E-state index in [-0.39, 0.29) is 11.8 Å². The fraction of sp³-hybridized carbons (Fsp3) is 0.391. The first-order valence-electron chi connectivity index (χ1n) is 10.7. The Hall–Kier alpha value is -3.63. The fourth-order valence-corrected chi connectivity index (χ4v) is 4.26. The smallest absolute Gasteiger partial charge is 0.418 e. The standard InChI is InChI=1S/C23H24F3N5O3/c1-13-11-31(22(33)14-9-17-20(18(10-14)34-3)28-12-30(17)2)8-6-16(13)29-21(32)19-15(23(24,25)26)5-4-7-27-19/h4-5,7,9-10,12-13,16H,6,8,11H2,1-3H3,(H,29,32)/t13-,16+/m0/s1. The minimum atomic E-state index is -4.68. The van der Waals surface area contributed by atoms with E-state index < -0.39 is 29.4 Å². The van der Waals surface area contributed by atoms with Gasteiger partial charge in [-0.15, -0.1) is 0 Å². The summed E-state index contributed by atoms with van der Waals surface area (Å²) >= 11 is 0. The number of ether oxygens (including phenoxy) is 1. The molecule has 2 atom stereocenters. The lowest BCUT2D eigenvalue weighted by molar-refractivity contribution is -0.138. The van der Waals surface area contributed by atoms with Crippen LogP contribution in [0, 0.1) is 5.92 Å². The van der Waals surface area contributed by atoms with Crippen LogP contribution in [-0.2, 0) is 13.2 Å². The molecule has 1 aliphatic heterocycles. The van der Waals surface area contributed by atoms with Crippen molar-refractivity contribution in [3.63, 3.8) is 0 Å². The molecule has 0 radical (unpaired) electrons. The lowest BCUT2D eigenvalue weighted by Crippen LogP contribution is -2.51. The highest BCUT2D eigenvalue weighted by Crippen LogP contribution is 2.31. The molecule has 0 spiro atoms. The number of aromatic nitrogens is 3. The summed E-state index contributed by atoms with van der Waals surface area (Å²) in [6.45, 7) is 2.52. The second-order valence-electron chi connectivity index (χ2n) is 8.40. The summed E-state index contributed by atoms with van der Waals surface area (Å²) in [6, 6.07) is 4.99. The zero-order chi connectivity index (χ0) is 24.6. The van der Waals surface area contributed by atoms with Gasteiger partial charge in [-0.2, -0.15) is 13.2 Å². The molecule has 1 aromatic carbocycles. The minimum Gasteiger partial charge on any atom is -0.494 e. The first kappa shape index (κ1) is 23.5. The molecule has 8 nitrogen and oxygen atoms in total. The molecule has 34 heavy (non-hydrogen) atoms. The Labute approximate surface area is 193 Å².